The Morgan fingerprint density at radius 2 is 2.03 bits per heavy atom. The van der Waals surface area contributed by atoms with Crippen molar-refractivity contribution in [3.8, 4) is 22.6 Å². The lowest BCUT2D eigenvalue weighted by molar-refractivity contribution is -0.130. The van der Waals surface area contributed by atoms with E-state index in [1.807, 2.05) is 31.2 Å². The molecule has 1 aromatic carbocycles. The van der Waals surface area contributed by atoms with Gasteiger partial charge < -0.3 is 29.8 Å². The van der Waals surface area contributed by atoms with Crippen LogP contribution in [-0.2, 0) is 4.79 Å². The number of hydrogen-bond donors (Lipinski definition) is 3. The van der Waals surface area contributed by atoms with E-state index < -0.39 is 12.1 Å². The van der Waals surface area contributed by atoms with Crippen molar-refractivity contribution in [2.45, 2.75) is 45.3 Å². The van der Waals surface area contributed by atoms with Gasteiger partial charge in [0.05, 0.1) is 36.9 Å². The Morgan fingerprint density at radius 3 is 2.75 bits per heavy atom. The Bertz CT molecular complexity index is 1300. The average molecular weight is 493 g/mol. The quantitative estimate of drug-likeness (QED) is 0.445. The van der Waals surface area contributed by atoms with Crippen molar-refractivity contribution in [1.29, 1.82) is 0 Å². The van der Waals surface area contributed by atoms with Gasteiger partial charge in [0, 0.05) is 42.5 Å². The van der Waals surface area contributed by atoms with E-state index in [2.05, 4.69) is 15.3 Å². The van der Waals surface area contributed by atoms with Gasteiger partial charge in [0.25, 0.3) is 5.91 Å². The number of β-amino-alcohol motifs (C(OH)–C–C–N with tert-alkyl or cyclic N) is 1. The molecule has 1 aliphatic heterocycles. The van der Waals surface area contributed by atoms with Gasteiger partial charge in [-0.05, 0) is 49.9 Å². The number of aliphatic hydroxyl groups is 1. The fraction of sp³-hybridized carbons (Fsp3) is 0.444. The number of ether oxygens (including phenoxy) is 2. The highest BCUT2D eigenvalue weighted by molar-refractivity contribution is 6.10. The van der Waals surface area contributed by atoms with Crippen molar-refractivity contribution < 1.29 is 24.2 Å². The standard InChI is InChI=1S/C27H32N4O5/c1-4-23(33)31-12-20(21(32)13-31)30-27(34)24-15(2)29-25-18(9-10-28-26(24)25)19-11-17(35-3)7-8-22(19)36-14-16-5-6-16/h7-11,16,20-21,29,32H,4-6,12-14H2,1-3H3,(H,30,34)/t20-,21-/m1/s1. The molecule has 3 aromatic rings. The molecule has 9 heteroatoms. The minimum atomic E-state index is -0.818. The molecular formula is C27H32N4O5. The first-order chi connectivity index (χ1) is 17.4. The van der Waals surface area contributed by atoms with E-state index in [0.29, 0.717) is 41.5 Å². The lowest BCUT2D eigenvalue weighted by atomic mass is 10.0. The van der Waals surface area contributed by atoms with Gasteiger partial charge in [-0.2, -0.15) is 0 Å². The second kappa shape index (κ2) is 9.81. The molecular weight excluding hydrogens is 460 g/mol. The molecule has 1 saturated heterocycles. The van der Waals surface area contributed by atoms with E-state index in [1.54, 1.807) is 25.1 Å². The van der Waals surface area contributed by atoms with Gasteiger partial charge >= 0.3 is 0 Å². The number of H-pyrrole nitrogens is 1. The Balaban J connectivity index is 1.47. The van der Waals surface area contributed by atoms with Gasteiger partial charge in [0.2, 0.25) is 5.91 Å². The van der Waals surface area contributed by atoms with Crippen molar-refractivity contribution in [3.05, 3.63) is 41.7 Å². The average Bonchev–Trinajstić information content (AvgIpc) is 3.55. The number of rotatable bonds is 8. The lowest BCUT2D eigenvalue weighted by Crippen LogP contribution is -2.43. The number of aliphatic hydroxyl groups excluding tert-OH is 1. The SMILES string of the molecule is CCC(=O)N1C[C@@H](O)[C@H](NC(=O)c2c(C)[nH]c3c(-c4cc(OC)ccc4OCC4CC4)ccnc23)C1. The first-order valence-electron chi connectivity index (χ1n) is 12.4. The summed E-state index contributed by atoms with van der Waals surface area (Å²) in [5.74, 6) is 1.68. The zero-order chi connectivity index (χ0) is 25.4. The predicted molar refractivity (Wildman–Crippen MR) is 135 cm³/mol. The Hall–Kier alpha value is -3.59. The van der Waals surface area contributed by atoms with E-state index in [4.69, 9.17) is 9.47 Å². The summed E-state index contributed by atoms with van der Waals surface area (Å²) in [6.07, 6.45) is 3.61. The first-order valence-corrected chi connectivity index (χ1v) is 12.4. The zero-order valence-electron chi connectivity index (χ0n) is 20.8. The highest BCUT2D eigenvalue weighted by Gasteiger charge is 2.35. The molecule has 0 bridgehead atoms. The molecule has 2 fully saturated rings. The molecule has 36 heavy (non-hydrogen) atoms. The molecule has 0 spiro atoms. The summed E-state index contributed by atoms with van der Waals surface area (Å²) in [5.41, 5.74) is 4.05. The van der Waals surface area contributed by atoms with Gasteiger partial charge in [-0.3, -0.25) is 14.6 Å². The third kappa shape index (κ3) is 4.63. The molecule has 3 N–H and O–H groups in total. The summed E-state index contributed by atoms with van der Waals surface area (Å²) < 4.78 is 11.6. The summed E-state index contributed by atoms with van der Waals surface area (Å²) in [7, 11) is 1.62. The van der Waals surface area contributed by atoms with Crippen molar-refractivity contribution in [3.63, 3.8) is 0 Å². The molecule has 0 unspecified atom stereocenters. The van der Waals surface area contributed by atoms with E-state index >= 15 is 0 Å². The van der Waals surface area contributed by atoms with Gasteiger partial charge in [-0.1, -0.05) is 6.92 Å². The summed E-state index contributed by atoms with van der Waals surface area (Å²) in [5, 5.41) is 13.4. The van der Waals surface area contributed by atoms with Gasteiger partial charge in [-0.25, -0.2) is 0 Å². The maximum absolute atomic E-state index is 13.4. The number of carbonyl (C=O) groups excluding carboxylic acids is 2. The van der Waals surface area contributed by atoms with Crippen molar-refractivity contribution in [2.75, 3.05) is 26.8 Å². The maximum Gasteiger partial charge on any atom is 0.255 e. The number of fused-ring (bicyclic) bond motifs is 1. The third-order valence-corrected chi connectivity index (χ3v) is 7.01. The van der Waals surface area contributed by atoms with Crippen LogP contribution in [0.5, 0.6) is 11.5 Å². The van der Waals surface area contributed by atoms with Crippen LogP contribution in [0.15, 0.2) is 30.5 Å². The largest absolute Gasteiger partial charge is 0.497 e. The minimum absolute atomic E-state index is 0.0432. The molecule has 2 aliphatic rings. The van der Waals surface area contributed by atoms with Gasteiger partial charge in [0.1, 0.15) is 17.0 Å². The van der Waals surface area contributed by atoms with Crippen molar-refractivity contribution in [2.24, 2.45) is 5.92 Å². The molecule has 1 aliphatic carbocycles. The van der Waals surface area contributed by atoms with E-state index in [-0.39, 0.29) is 24.9 Å². The van der Waals surface area contributed by atoms with E-state index in [9.17, 15) is 14.7 Å². The molecule has 9 nitrogen and oxygen atoms in total. The van der Waals surface area contributed by atoms with E-state index in [1.165, 1.54) is 12.8 Å². The van der Waals surface area contributed by atoms with Crippen LogP contribution in [0.25, 0.3) is 22.2 Å². The highest BCUT2D eigenvalue weighted by Crippen LogP contribution is 2.39. The monoisotopic (exact) mass is 492 g/mol. The number of benzene rings is 1. The number of methoxy groups -OCH3 is 1. The number of aromatic amines is 1. The highest BCUT2D eigenvalue weighted by atomic mass is 16.5. The summed E-state index contributed by atoms with van der Waals surface area (Å²) >= 11 is 0. The van der Waals surface area contributed by atoms with Crippen LogP contribution >= 0.6 is 0 Å². The summed E-state index contributed by atoms with van der Waals surface area (Å²) in [6.45, 7) is 4.78. The molecule has 1 saturated carbocycles. The molecule has 2 atom stereocenters. The number of aromatic nitrogens is 2. The van der Waals surface area contributed by atoms with Crippen LogP contribution in [0.2, 0.25) is 0 Å². The molecule has 190 valence electrons. The number of aryl methyl sites for hydroxylation is 1. The minimum Gasteiger partial charge on any atom is -0.497 e. The van der Waals surface area contributed by atoms with Crippen LogP contribution in [0.1, 0.15) is 42.2 Å². The summed E-state index contributed by atoms with van der Waals surface area (Å²) in [6, 6.07) is 7.08. The number of nitrogens with zero attached hydrogens (tertiary/aromatic N) is 2. The smallest absolute Gasteiger partial charge is 0.255 e. The fourth-order valence-corrected chi connectivity index (χ4v) is 4.77. The first kappa shape index (κ1) is 24.1. The zero-order valence-corrected chi connectivity index (χ0v) is 20.8. The lowest BCUT2D eigenvalue weighted by Gasteiger charge is -2.16. The molecule has 3 heterocycles. The normalized spacial score (nSPS) is 19.5. The number of pyridine rings is 1. The number of amides is 2. The second-order valence-electron chi connectivity index (χ2n) is 9.62. The summed E-state index contributed by atoms with van der Waals surface area (Å²) in [4.78, 5) is 34.9. The number of hydrogen-bond acceptors (Lipinski definition) is 6. The maximum atomic E-state index is 13.4. The van der Waals surface area contributed by atoms with Crippen LogP contribution in [0.4, 0.5) is 0 Å². The topological polar surface area (TPSA) is 117 Å². The van der Waals surface area contributed by atoms with Crippen LogP contribution in [0, 0.1) is 12.8 Å². The van der Waals surface area contributed by atoms with E-state index in [0.717, 1.165) is 22.4 Å². The van der Waals surface area contributed by atoms with Crippen LogP contribution in [0.3, 0.4) is 0 Å². The Morgan fingerprint density at radius 1 is 1.22 bits per heavy atom. The fourth-order valence-electron chi connectivity index (χ4n) is 4.77. The van der Waals surface area contributed by atoms with Crippen molar-refractivity contribution >= 4 is 22.8 Å². The molecule has 5 rings (SSSR count). The number of likely N-dealkylation sites (tertiary alicyclic amines) is 1. The Labute approximate surface area is 209 Å². The predicted octanol–water partition coefficient (Wildman–Crippen LogP) is 3.05. The van der Waals surface area contributed by atoms with Gasteiger partial charge in [0.15, 0.2) is 0 Å². The third-order valence-electron chi connectivity index (χ3n) is 7.01. The van der Waals surface area contributed by atoms with Crippen molar-refractivity contribution in [1.82, 2.24) is 20.2 Å². The molecule has 0 radical (unpaired) electrons. The molecule has 2 aromatic heterocycles. The molecule has 2 amide bonds. The number of nitrogens with one attached hydrogen (secondary N) is 2. The van der Waals surface area contributed by atoms with Crippen LogP contribution in [-0.4, -0.2) is 70.7 Å². The Kier molecular flexibility index (Phi) is 6.57. The number of carbonyl (C=O) groups is 2. The van der Waals surface area contributed by atoms with Gasteiger partial charge in [-0.15, -0.1) is 0 Å². The second-order valence-corrected chi connectivity index (χ2v) is 9.62. The van der Waals surface area contributed by atoms with Crippen LogP contribution < -0.4 is 14.8 Å².